The number of likely N-dealkylation sites (N-methyl/N-ethyl adjacent to an activating group) is 1. The molecule has 2 amide bonds. The largest absolute Gasteiger partial charge is 0.364 e. The van der Waals surface area contributed by atoms with E-state index < -0.39 is 12.1 Å². The number of nitrogens with two attached hydrogens (primary N) is 1. The van der Waals surface area contributed by atoms with Gasteiger partial charge in [-0.25, -0.2) is 0 Å². The second-order valence-corrected chi connectivity index (χ2v) is 3.90. The minimum Gasteiger partial charge on any atom is -0.364 e. The van der Waals surface area contributed by atoms with Gasteiger partial charge in [-0.3, -0.25) is 9.59 Å². The molecule has 1 aliphatic rings. The molecule has 0 aliphatic carbocycles. The van der Waals surface area contributed by atoms with Crippen molar-refractivity contribution < 1.29 is 14.3 Å². The summed E-state index contributed by atoms with van der Waals surface area (Å²) < 4.78 is 5.42. The third kappa shape index (κ3) is 3.18. The summed E-state index contributed by atoms with van der Waals surface area (Å²) in [6, 6.07) is -0.543. The Bertz CT molecular complexity index is 270. The van der Waals surface area contributed by atoms with Crippen LogP contribution in [0, 0.1) is 0 Å². The average Bonchev–Trinajstić information content (AvgIpc) is 2.76. The van der Waals surface area contributed by atoms with Crippen molar-refractivity contribution in [3.63, 3.8) is 0 Å². The first kappa shape index (κ1) is 12.9. The number of amides is 2. The molecule has 0 radical (unpaired) electrons. The minimum atomic E-state index is -0.543. The number of nitrogens with one attached hydrogen (secondary N) is 2. The Hall–Kier alpha value is -1.14. The van der Waals surface area contributed by atoms with E-state index in [2.05, 4.69) is 10.6 Å². The predicted molar refractivity (Wildman–Crippen MR) is 58.6 cm³/mol. The quantitative estimate of drug-likeness (QED) is 0.561. The summed E-state index contributed by atoms with van der Waals surface area (Å²) >= 11 is 0. The number of rotatable bonds is 4. The monoisotopic (exact) mass is 229 g/mol. The van der Waals surface area contributed by atoms with Crippen LogP contribution in [0.15, 0.2) is 0 Å². The fourth-order valence-electron chi connectivity index (χ4n) is 1.66. The Kier molecular flexibility index (Phi) is 4.70. The smallest absolute Gasteiger partial charge is 0.249 e. The first-order valence-electron chi connectivity index (χ1n) is 5.46. The molecule has 1 saturated heterocycles. The summed E-state index contributed by atoms with van der Waals surface area (Å²) in [6.45, 7) is 2.06. The normalized spacial score (nSPS) is 26.2. The van der Waals surface area contributed by atoms with Gasteiger partial charge in [0.05, 0.1) is 6.10 Å². The zero-order valence-corrected chi connectivity index (χ0v) is 9.66. The van der Waals surface area contributed by atoms with Gasteiger partial charge in [-0.2, -0.15) is 0 Å². The van der Waals surface area contributed by atoms with Crippen molar-refractivity contribution in [2.75, 3.05) is 13.6 Å². The molecule has 0 aromatic heterocycles. The Balaban J connectivity index is 2.38. The number of carbonyl (C=O) groups excluding carboxylic acids is 2. The number of hydrogen-bond donors (Lipinski definition) is 3. The van der Waals surface area contributed by atoms with E-state index in [1.807, 2.05) is 0 Å². The number of hydrogen-bond acceptors (Lipinski definition) is 4. The lowest BCUT2D eigenvalue weighted by Gasteiger charge is -2.16. The summed E-state index contributed by atoms with van der Waals surface area (Å²) in [5, 5.41) is 5.07. The summed E-state index contributed by atoms with van der Waals surface area (Å²) in [5.41, 5.74) is 5.45. The molecule has 1 aliphatic heterocycles. The number of ether oxygens (including phenoxy) is 1. The topological polar surface area (TPSA) is 93.5 Å². The highest BCUT2D eigenvalue weighted by Crippen LogP contribution is 2.18. The zero-order valence-electron chi connectivity index (χ0n) is 9.66. The van der Waals surface area contributed by atoms with Gasteiger partial charge in [0.25, 0.3) is 0 Å². The molecule has 16 heavy (non-hydrogen) atoms. The third-order valence-electron chi connectivity index (χ3n) is 2.66. The van der Waals surface area contributed by atoms with Gasteiger partial charge in [0.1, 0.15) is 12.1 Å². The van der Waals surface area contributed by atoms with Crippen molar-refractivity contribution in [3.8, 4) is 0 Å². The molecular weight excluding hydrogens is 210 g/mol. The van der Waals surface area contributed by atoms with Crippen molar-refractivity contribution in [2.45, 2.75) is 38.0 Å². The van der Waals surface area contributed by atoms with Gasteiger partial charge in [-0.15, -0.1) is 0 Å². The van der Waals surface area contributed by atoms with Crippen LogP contribution in [0.3, 0.4) is 0 Å². The Labute approximate surface area is 94.9 Å². The fourth-order valence-corrected chi connectivity index (χ4v) is 1.66. The molecule has 6 heteroatoms. The molecule has 0 saturated carbocycles. The van der Waals surface area contributed by atoms with Gasteiger partial charge in [-0.05, 0) is 19.8 Å². The second kappa shape index (κ2) is 5.81. The zero-order chi connectivity index (χ0) is 12.1. The first-order valence-corrected chi connectivity index (χ1v) is 5.46. The molecule has 0 aromatic carbocycles. The van der Waals surface area contributed by atoms with Crippen LogP contribution in [0.1, 0.15) is 19.8 Å². The van der Waals surface area contributed by atoms with Crippen molar-refractivity contribution in [1.29, 1.82) is 0 Å². The van der Waals surface area contributed by atoms with Crippen LogP contribution in [0.4, 0.5) is 0 Å². The highest BCUT2D eigenvalue weighted by molar-refractivity contribution is 5.89. The molecule has 0 bridgehead atoms. The van der Waals surface area contributed by atoms with Crippen LogP contribution < -0.4 is 16.4 Å². The molecule has 0 aromatic rings. The molecule has 1 fully saturated rings. The Morgan fingerprint density at radius 3 is 2.69 bits per heavy atom. The molecule has 4 N–H and O–H groups in total. The van der Waals surface area contributed by atoms with Crippen LogP contribution in [0.25, 0.3) is 0 Å². The lowest BCUT2D eigenvalue weighted by molar-refractivity contribution is -0.135. The first-order chi connectivity index (χ1) is 7.58. The maximum absolute atomic E-state index is 11.7. The van der Waals surface area contributed by atoms with E-state index >= 15 is 0 Å². The molecular formula is C10H19N3O3. The lowest BCUT2D eigenvalue weighted by Crippen LogP contribution is -2.47. The van der Waals surface area contributed by atoms with E-state index in [4.69, 9.17) is 10.5 Å². The minimum absolute atomic E-state index is 0.0361. The van der Waals surface area contributed by atoms with Crippen LogP contribution in [-0.2, 0) is 14.3 Å². The van der Waals surface area contributed by atoms with Gasteiger partial charge in [0.2, 0.25) is 11.8 Å². The van der Waals surface area contributed by atoms with Crippen molar-refractivity contribution in [1.82, 2.24) is 10.6 Å². The van der Waals surface area contributed by atoms with Gasteiger partial charge < -0.3 is 21.1 Å². The van der Waals surface area contributed by atoms with E-state index in [9.17, 15) is 9.59 Å². The highest BCUT2D eigenvalue weighted by Gasteiger charge is 2.31. The third-order valence-corrected chi connectivity index (χ3v) is 2.66. The highest BCUT2D eigenvalue weighted by atomic mass is 16.5. The lowest BCUT2D eigenvalue weighted by atomic mass is 10.2. The molecule has 3 atom stereocenters. The van der Waals surface area contributed by atoms with Crippen LogP contribution in [0.2, 0.25) is 0 Å². The molecule has 1 heterocycles. The standard InChI is InChI=1S/C10H19N3O3/c1-6(9(14)12-2)13-10(15)8-4-3-7(5-11)16-8/h6-8H,3-5,11H2,1-2H3,(H,12,14)(H,13,15). The molecule has 92 valence electrons. The van der Waals surface area contributed by atoms with Crippen LogP contribution in [-0.4, -0.2) is 43.7 Å². The SMILES string of the molecule is CNC(=O)C(C)NC(=O)C1CCC(CN)O1. The van der Waals surface area contributed by atoms with Crippen molar-refractivity contribution >= 4 is 11.8 Å². The summed E-state index contributed by atoms with van der Waals surface area (Å²) in [5.74, 6) is -0.464. The average molecular weight is 229 g/mol. The maximum Gasteiger partial charge on any atom is 0.249 e. The predicted octanol–water partition coefficient (Wildman–Crippen LogP) is -1.26. The molecule has 1 rings (SSSR count). The maximum atomic E-state index is 11.7. The summed E-state index contributed by atoms with van der Waals surface area (Å²) in [6.07, 6.45) is 0.948. The van der Waals surface area contributed by atoms with Crippen LogP contribution >= 0.6 is 0 Å². The second-order valence-electron chi connectivity index (χ2n) is 3.90. The van der Waals surface area contributed by atoms with E-state index in [1.54, 1.807) is 6.92 Å². The van der Waals surface area contributed by atoms with E-state index in [-0.39, 0.29) is 17.9 Å². The summed E-state index contributed by atoms with van der Waals surface area (Å²) in [4.78, 5) is 22.9. The van der Waals surface area contributed by atoms with Crippen LogP contribution in [0.5, 0.6) is 0 Å². The van der Waals surface area contributed by atoms with Crippen molar-refractivity contribution in [2.24, 2.45) is 5.73 Å². The van der Waals surface area contributed by atoms with E-state index in [1.165, 1.54) is 7.05 Å². The number of carbonyl (C=O) groups is 2. The molecule has 6 nitrogen and oxygen atoms in total. The van der Waals surface area contributed by atoms with Gasteiger partial charge in [-0.1, -0.05) is 0 Å². The Morgan fingerprint density at radius 1 is 1.50 bits per heavy atom. The fraction of sp³-hybridized carbons (Fsp3) is 0.800. The van der Waals surface area contributed by atoms with Crippen molar-refractivity contribution in [3.05, 3.63) is 0 Å². The van der Waals surface area contributed by atoms with E-state index in [0.29, 0.717) is 13.0 Å². The Morgan fingerprint density at radius 2 is 2.19 bits per heavy atom. The molecule has 0 spiro atoms. The molecule has 3 unspecified atom stereocenters. The summed E-state index contributed by atoms with van der Waals surface area (Å²) in [7, 11) is 1.53. The van der Waals surface area contributed by atoms with E-state index in [0.717, 1.165) is 6.42 Å². The van der Waals surface area contributed by atoms with Gasteiger partial charge in [0, 0.05) is 13.6 Å². The van der Waals surface area contributed by atoms with Gasteiger partial charge in [0.15, 0.2) is 0 Å². The van der Waals surface area contributed by atoms with Gasteiger partial charge >= 0.3 is 0 Å².